The smallest absolute Gasteiger partial charge is 0.251 e. The Morgan fingerprint density at radius 2 is 1.96 bits per heavy atom. The predicted octanol–water partition coefficient (Wildman–Crippen LogP) is 2.58. The maximum absolute atomic E-state index is 12.1. The van der Waals surface area contributed by atoms with Crippen molar-refractivity contribution in [2.24, 2.45) is 0 Å². The van der Waals surface area contributed by atoms with Crippen LogP contribution < -0.4 is 10.6 Å². The standard InChI is InChI=1S/C19H31N3O/c1-4-16(3)22-13-9-17(10-14-22)20-11-12-21-19(23)18-8-6-5-7-15(18)2/h5-8,16-17,20H,4,9-14H2,1-3H3,(H,21,23). The molecule has 0 saturated carbocycles. The third-order valence-electron chi connectivity index (χ3n) is 4.98. The van der Waals surface area contributed by atoms with Crippen molar-refractivity contribution in [3.63, 3.8) is 0 Å². The molecule has 23 heavy (non-hydrogen) atoms. The Kier molecular flexibility index (Phi) is 7.06. The van der Waals surface area contributed by atoms with Crippen LogP contribution in [-0.4, -0.2) is 49.1 Å². The normalized spacial score (nSPS) is 17.9. The van der Waals surface area contributed by atoms with Crippen molar-refractivity contribution in [2.75, 3.05) is 26.2 Å². The second-order valence-corrected chi connectivity index (χ2v) is 6.59. The molecule has 1 unspecified atom stereocenters. The lowest BCUT2D eigenvalue weighted by molar-refractivity contribution is 0.0951. The number of nitrogens with one attached hydrogen (secondary N) is 2. The Bertz CT molecular complexity index is 495. The van der Waals surface area contributed by atoms with Gasteiger partial charge in [0.05, 0.1) is 0 Å². The lowest BCUT2D eigenvalue weighted by Gasteiger charge is -2.36. The molecular formula is C19H31N3O. The molecule has 0 aromatic heterocycles. The van der Waals surface area contributed by atoms with E-state index in [4.69, 9.17) is 0 Å². The third kappa shape index (κ3) is 5.33. The highest BCUT2D eigenvalue weighted by atomic mass is 16.1. The average molecular weight is 317 g/mol. The molecule has 0 bridgehead atoms. The van der Waals surface area contributed by atoms with Crippen LogP contribution in [0.4, 0.5) is 0 Å². The summed E-state index contributed by atoms with van der Waals surface area (Å²) in [6.07, 6.45) is 3.63. The quantitative estimate of drug-likeness (QED) is 0.760. The van der Waals surface area contributed by atoms with Crippen molar-refractivity contribution < 1.29 is 4.79 Å². The van der Waals surface area contributed by atoms with Crippen LogP contribution >= 0.6 is 0 Å². The Hall–Kier alpha value is -1.39. The molecule has 0 spiro atoms. The summed E-state index contributed by atoms with van der Waals surface area (Å²) >= 11 is 0. The fourth-order valence-corrected chi connectivity index (χ4v) is 3.18. The number of carbonyl (C=O) groups excluding carboxylic acids is 1. The second-order valence-electron chi connectivity index (χ2n) is 6.59. The molecule has 1 atom stereocenters. The number of carbonyl (C=O) groups is 1. The first-order chi connectivity index (χ1) is 11.1. The predicted molar refractivity (Wildman–Crippen MR) is 95.9 cm³/mol. The highest BCUT2D eigenvalue weighted by Crippen LogP contribution is 2.14. The van der Waals surface area contributed by atoms with Crippen molar-refractivity contribution in [2.45, 2.75) is 52.1 Å². The lowest BCUT2D eigenvalue weighted by atomic mass is 10.0. The van der Waals surface area contributed by atoms with Gasteiger partial charge in [-0.2, -0.15) is 0 Å². The fourth-order valence-electron chi connectivity index (χ4n) is 3.18. The molecule has 0 aliphatic carbocycles. The van der Waals surface area contributed by atoms with E-state index in [0.29, 0.717) is 18.6 Å². The molecule has 1 heterocycles. The number of nitrogens with zero attached hydrogens (tertiary/aromatic N) is 1. The number of hydrogen-bond acceptors (Lipinski definition) is 3. The average Bonchev–Trinajstić information content (AvgIpc) is 2.58. The highest BCUT2D eigenvalue weighted by molar-refractivity contribution is 5.95. The van der Waals surface area contributed by atoms with E-state index in [0.717, 1.165) is 17.7 Å². The summed E-state index contributed by atoms with van der Waals surface area (Å²) in [5.41, 5.74) is 1.80. The van der Waals surface area contributed by atoms with Gasteiger partial charge in [0.2, 0.25) is 0 Å². The maximum atomic E-state index is 12.1. The van der Waals surface area contributed by atoms with Gasteiger partial charge in [-0.05, 0) is 57.8 Å². The largest absolute Gasteiger partial charge is 0.351 e. The van der Waals surface area contributed by atoms with Gasteiger partial charge in [-0.1, -0.05) is 25.1 Å². The summed E-state index contributed by atoms with van der Waals surface area (Å²) in [5, 5.41) is 6.58. The molecule has 128 valence electrons. The molecule has 1 saturated heterocycles. The number of hydrogen-bond donors (Lipinski definition) is 2. The number of aryl methyl sites for hydroxylation is 1. The van der Waals surface area contributed by atoms with Crippen molar-refractivity contribution >= 4 is 5.91 Å². The van der Waals surface area contributed by atoms with E-state index in [-0.39, 0.29) is 5.91 Å². The van der Waals surface area contributed by atoms with Crippen LogP contribution in [-0.2, 0) is 0 Å². The summed E-state index contributed by atoms with van der Waals surface area (Å²) < 4.78 is 0. The molecule has 4 heteroatoms. The molecule has 4 nitrogen and oxygen atoms in total. The Morgan fingerprint density at radius 1 is 1.26 bits per heavy atom. The first-order valence-electron chi connectivity index (χ1n) is 8.93. The molecule has 1 aromatic carbocycles. The van der Waals surface area contributed by atoms with E-state index in [1.54, 1.807) is 0 Å². The minimum absolute atomic E-state index is 0.0245. The van der Waals surface area contributed by atoms with E-state index < -0.39 is 0 Å². The maximum Gasteiger partial charge on any atom is 0.251 e. The van der Waals surface area contributed by atoms with Crippen LogP contribution in [0.1, 0.15) is 49.0 Å². The van der Waals surface area contributed by atoms with Crippen LogP contribution in [0.3, 0.4) is 0 Å². The summed E-state index contributed by atoms with van der Waals surface area (Å²) in [5.74, 6) is 0.0245. The summed E-state index contributed by atoms with van der Waals surface area (Å²) in [7, 11) is 0. The Balaban J connectivity index is 1.63. The summed E-state index contributed by atoms with van der Waals surface area (Å²) in [6.45, 7) is 10.4. The lowest BCUT2D eigenvalue weighted by Crippen LogP contribution is -2.47. The van der Waals surface area contributed by atoms with Gasteiger partial charge in [0, 0.05) is 30.7 Å². The van der Waals surface area contributed by atoms with Gasteiger partial charge in [-0.15, -0.1) is 0 Å². The second kappa shape index (κ2) is 9.04. The van der Waals surface area contributed by atoms with Crippen molar-refractivity contribution in [1.82, 2.24) is 15.5 Å². The number of amides is 1. The molecule has 1 amide bonds. The van der Waals surface area contributed by atoms with Crippen molar-refractivity contribution in [1.29, 1.82) is 0 Å². The van der Waals surface area contributed by atoms with E-state index in [9.17, 15) is 4.79 Å². The SMILES string of the molecule is CCC(C)N1CCC(NCCNC(=O)c2ccccc2C)CC1. The van der Waals surface area contributed by atoms with Gasteiger partial charge in [0.15, 0.2) is 0 Å². The van der Waals surface area contributed by atoms with Gasteiger partial charge in [-0.25, -0.2) is 0 Å². The van der Waals surface area contributed by atoms with E-state index >= 15 is 0 Å². The zero-order valence-corrected chi connectivity index (χ0v) is 14.8. The first kappa shape index (κ1) is 18.0. The number of likely N-dealkylation sites (tertiary alicyclic amines) is 1. The van der Waals surface area contributed by atoms with Crippen LogP contribution in [0.15, 0.2) is 24.3 Å². The number of piperidine rings is 1. The molecule has 2 N–H and O–H groups in total. The monoisotopic (exact) mass is 317 g/mol. The molecule has 0 radical (unpaired) electrons. The van der Waals surface area contributed by atoms with Crippen molar-refractivity contribution in [3.05, 3.63) is 35.4 Å². The Labute approximate surface area is 140 Å². The third-order valence-corrected chi connectivity index (χ3v) is 4.98. The van der Waals surface area contributed by atoms with E-state index in [1.165, 1.54) is 32.4 Å². The fraction of sp³-hybridized carbons (Fsp3) is 0.632. The number of rotatable bonds is 7. The summed E-state index contributed by atoms with van der Waals surface area (Å²) in [4.78, 5) is 14.7. The van der Waals surface area contributed by atoms with Crippen LogP contribution in [0.25, 0.3) is 0 Å². The molecule has 1 aliphatic heterocycles. The molecule has 1 aromatic rings. The van der Waals surface area contributed by atoms with Gasteiger partial charge >= 0.3 is 0 Å². The summed E-state index contributed by atoms with van der Waals surface area (Å²) in [6, 6.07) is 9.00. The Morgan fingerprint density at radius 3 is 2.61 bits per heavy atom. The van der Waals surface area contributed by atoms with Crippen LogP contribution in [0.5, 0.6) is 0 Å². The zero-order chi connectivity index (χ0) is 16.7. The van der Waals surface area contributed by atoms with E-state index in [2.05, 4.69) is 29.4 Å². The highest BCUT2D eigenvalue weighted by Gasteiger charge is 2.21. The van der Waals surface area contributed by atoms with Gasteiger partial charge in [0.25, 0.3) is 5.91 Å². The van der Waals surface area contributed by atoms with Crippen molar-refractivity contribution in [3.8, 4) is 0 Å². The molecule has 2 rings (SSSR count). The van der Waals surface area contributed by atoms with Crippen LogP contribution in [0, 0.1) is 6.92 Å². The van der Waals surface area contributed by atoms with Gasteiger partial charge in [0.1, 0.15) is 0 Å². The zero-order valence-electron chi connectivity index (χ0n) is 14.8. The van der Waals surface area contributed by atoms with Gasteiger partial charge in [-0.3, -0.25) is 4.79 Å². The number of benzene rings is 1. The minimum atomic E-state index is 0.0245. The topological polar surface area (TPSA) is 44.4 Å². The first-order valence-corrected chi connectivity index (χ1v) is 8.93. The van der Waals surface area contributed by atoms with Crippen LogP contribution in [0.2, 0.25) is 0 Å². The molecule has 1 aliphatic rings. The van der Waals surface area contributed by atoms with Gasteiger partial charge < -0.3 is 15.5 Å². The molecule has 1 fully saturated rings. The van der Waals surface area contributed by atoms with E-state index in [1.807, 2.05) is 31.2 Å². The minimum Gasteiger partial charge on any atom is -0.351 e. The molecular weight excluding hydrogens is 286 g/mol.